The van der Waals surface area contributed by atoms with Gasteiger partial charge in [0.1, 0.15) is 5.82 Å². The molecule has 0 aliphatic heterocycles. The molecule has 0 fully saturated rings. The average Bonchev–Trinajstić information content (AvgIpc) is 3.14. The largest absolute Gasteiger partial charge is 0.361 e. The zero-order valence-electron chi connectivity index (χ0n) is 15.2. The highest BCUT2D eigenvalue weighted by Gasteiger charge is 2.19. The smallest absolute Gasteiger partial charge is 0.319 e. The van der Waals surface area contributed by atoms with Crippen LogP contribution in [0.15, 0.2) is 85.1 Å². The van der Waals surface area contributed by atoms with Crippen LogP contribution in [0, 0.1) is 5.82 Å². The van der Waals surface area contributed by atoms with E-state index in [0.717, 1.165) is 27.7 Å². The van der Waals surface area contributed by atoms with Crippen molar-refractivity contribution in [3.63, 3.8) is 0 Å². The van der Waals surface area contributed by atoms with E-state index in [1.165, 1.54) is 12.1 Å². The minimum atomic E-state index is -0.281. The van der Waals surface area contributed by atoms with Gasteiger partial charge >= 0.3 is 6.03 Å². The Labute approximate surface area is 162 Å². The number of hydrogen-bond donors (Lipinski definition) is 3. The number of anilines is 1. The van der Waals surface area contributed by atoms with Crippen molar-refractivity contribution in [2.75, 3.05) is 11.9 Å². The van der Waals surface area contributed by atoms with Gasteiger partial charge in [0.2, 0.25) is 0 Å². The van der Waals surface area contributed by atoms with Crippen molar-refractivity contribution in [1.29, 1.82) is 0 Å². The lowest BCUT2D eigenvalue weighted by atomic mass is 9.91. The van der Waals surface area contributed by atoms with E-state index in [-0.39, 0.29) is 17.8 Å². The van der Waals surface area contributed by atoms with E-state index in [9.17, 15) is 9.18 Å². The molecule has 1 atom stereocenters. The summed E-state index contributed by atoms with van der Waals surface area (Å²) >= 11 is 0. The number of aromatic amines is 1. The maximum Gasteiger partial charge on any atom is 0.319 e. The normalized spacial score (nSPS) is 11.9. The first-order valence-electron chi connectivity index (χ1n) is 9.12. The first kappa shape index (κ1) is 17.8. The molecule has 0 bridgehead atoms. The molecule has 0 aliphatic rings. The lowest BCUT2D eigenvalue weighted by Crippen LogP contribution is -2.32. The maximum atomic E-state index is 13.4. The number of H-pyrrole nitrogens is 1. The zero-order valence-corrected chi connectivity index (χ0v) is 15.2. The lowest BCUT2D eigenvalue weighted by Gasteiger charge is -2.18. The van der Waals surface area contributed by atoms with E-state index in [4.69, 9.17) is 0 Å². The van der Waals surface area contributed by atoms with Gasteiger partial charge in [-0.3, -0.25) is 0 Å². The van der Waals surface area contributed by atoms with Crippen molar-refractivity contribution in [2.24, 2.45) is 0 Å². The Morgan fingerprint density at radius 3 is 2.43 bits per heavy atom. The number of nitrogens with one attached hydrogen (secondary N) is 3. The van der Waals surface area contributed by atoms with Crippen molar-refractivity contribution in [3.8, 4) is 0 Å². The summed E-state index contributed by atoms with van der Waals surface area (Å²) in [7, 11) is 0. The molecule has 0 saturated heterocycles. The van der Waals surface area contributed by atoms with Crippen LogP contribution in [-0.2, 0) is 0 Å². The standard InChI is InChI=1S/C23H20FN3O/c24-17-12-10-16(11-13-17)20(21-15-25-22-9-5-4-8-19(21)22)14-26-23(28)27-18-6-2-1-3-7-18/h1-13,15,20,25H,14H2,(H2,26,27,28)/t20-/m1/s1. The number of fused-ring (bicyclic) bond motifs is 1. The van der Waals surface area contributed by atoms with E-state index in [2.05, 4.69) is 15.6 Å². The van der Waals surface area contributed by atoms with Crippen LogP contribution in [-0.4, -0.2) is 17.6 Å². The molecule has 0 radical (unpaired) electrons. The summed E-state index contributed by atoms with van der Waals surface area (Å²) in [6.07, 6.45) is 1.95. The van der Waals surface area contributed by atoms with Gasteiger partial charge in [0.15, 0.2) is 0 Å². The summed E-state index contributed by atoms with van der Waals surface area (Å²) in [6, 6.07) is 23.4. The molecule has 0 aliphatic carbocycles. The molecule has 1 heterocycles. The van der Waals surface area contributed by atoms with Crippen LogP contribution in [0.2, 0.25) is 0 Å². The Kier molecular flexibility index (Phi) is 5.06. The van der Waals surface area contributed by atoms with Crippen LogP contribution in [0.25, 0.3) is 10.9 Å². The van der Waals surface area contributed by atoms with E-state index >= 15 is 0 Å². The van der Waals surface area contributed by atoms with Gasteiger partial charge in [0.25, 0.3) is 0 Å². The van der Waals surface area contributed by atoms with Gasteiger partial charge in [0.05, 0.1) is 0 Å². The highest BCUT2D eigenvalue weighted by molar-refractivity contribution is 5.89. The second-order valence-electron chi connectivity index (χ2n) is 6.59. The molecule has 2 amide bonds. The quantitative estimate of drug-likeness (QED) is 0.439. The number of amides is 2. The molecular weight excluding hydrogens is 353 g/mol. The number of para-hydroxylation sites is 2. The van der Waals surface area contributed by atoms with Crippen molar-refractivity contribution < 1.29 is 9.18 Å². The van der Waals surface area contributed by atoms with Crippen molar-refractivity contribution in [3.05, 3.63) is 102 Å². The zero-order chi connectivity index (χ0) is 19.3. The molecule has 1 aromatic heterocycles. The highest BCUT2D eigenvalue weighted by Crippen LogP contribution is 2.30. The molecule has 4 aromatic rings. The van der Waals surface area contributed by atoms with Crippen LogP contribution in [0.5, 0.6) is 0 Å². The number of aromatic nitrogens is 1. The monoisotopic (exact) mass is 373 g/mol. The molecule has 0 saturated carbocycles. The molecular formula is C23H20FN3O. The molecule has 0 unspecified atom stereocenters. The topological polar surface area (TPSA) is 56.9 Å². The lowest BCUT2D eigenvalue weighted by molar-refractivity contribution is 0.252. The SMILES string of the molecule is O=C(NC[C@H](c1ccc(F)cc1)c1c[nH]c2ccccc12)Nc1ccccc1. The van der Waals surface area contributed by atoms with Crippen LogP contribution in [0.1, 0.15) is 17.0 Å². The second kappa shape index (κ2) is 7.96. The predicted molar refractivity (Wildman–Crippen MR) is 110 cm³/mol. The van der Waals surface area contributed by atoms with Crippen molar-refractivity contribution in [2.45, 2.75) is 5.92 Å². The average molecular weight is 373 g/mol. The van der Waals surface area contributed by atoms with Crippen LogP contribution in [0.3, 0.4) is 0 Å². The van der Waals surface area contributed by atoms with Gasteiger partial charge in [-0.2, -0.15) is 0 Å². The number of hydrogen-bond acceptors (Lipinski definition) is 1. The summed E-state index contributed by atoms with van der Waals surface area (Å²) in [5.74, 6) is -0.394. The molecule has 3 N–H and O–H groups in total. The van der Waals surface area contributed by atoms with Gasteiger partial charge in [-0.25, -0.2) is 9.18 Å². The third kappa shape index (κ3) is 3.88. The fourth-order valence-corrected chi connectivity index (χ4v) is 3.38. The summed E-state index contributed by atoms with van der Waals surface area (Å²) in [6.45, 7) is 0.381. The van der Waals surface area contributed by atoms with E-state index < -0.39 is 0 Å². The number of urea groups is 1. The number of carbonyl (C=O) groups excluding carboxylic acids is 1. The van der Waals surface area contributed by atoms with Gasteiger partial charge in [-0.1, -0.05) is 48.5 Å². The highest BCUT2D eigenvalue weighted by atomic mass is 19.1. The Morgan fingerprint density at radius 1 is 0.929 bits per heavy atom. The first-order valence-corrected chi connectivity index (χ1v) is 9.12. The van der Waals surface area contributed by atoms with Crippen LogP contribution in [0.4, 0.5) is 14.9 Å². The van der Waals surface area contributed by atoms with Gasteiger partial charge in [-0.15, -0.1) is 0 Å². The molecule has 5 heteroatoms. The summed E-state index contributed by atoms with van der Waals surface area (Å²) in [5.41, 5.74) is 3.75. The summed E-state index contributed by atoms with van der Waals surface area (Å²) < 4.78 is 13.4. The molecule has 140 valence electrons. The van der Waals surface area contributed by atoms with Gasteiger partial charge in [-0.05, 0) is 41.5 Å². The molecule has 3 aromatic carbocycles. The van der Waals surface area contributed by atoms with Crippen LogP contribution >= 0.6 is 0 Å². The minimum absolute atomic E-state index is 0.113. The fraction of sp³-hybridized carbons (Fsp3) is 0.0870. The summed E-state index contributed by atoms with van der Waals surface area (Å²) in [4.78, 5) is 15.6. The maximum absolute atomic E-state index is 13.4. The number of rotatable bonds is 5. The minimum Gasteiger partial charge on any atom is -0.361 e. The summed E-state index contributed by atoms with van der Waals surface area (Å²) in [5, 5.41) is 6.85. The third-order valence-electron chi connectivity index (χ3n) is 4.77. The van der Waals surface area contributed by atoms with E-state index in [1.807, 2.05) is 60.8 Å². The van der Waals surface area contributed by atoms with E-state index in [1.54, 1.807) is 12.1 Å². The van der Waals surface area contributed by atoms with Crippen molar-refractivity contribution >= 4 is 22.6 Å². The molecule has 4 nitrogen and oxygen atoms in total. The fourth-order valence-electron chi connectivity index (χ4n) is 3.38. The Bertz CT molecular complexity index is 1070. The Balaban J connectivity index is 1.58. The first-order chi connectivity index (χ1) is 13.7. The van der Waals surface area contributed by atoms with Gasteiger partial charge in [0, 0.05) is 35.2 Å². The predicted octanol–water partition coefficient (Wildman–Crippen LogP) is 5.26. The van der Waals surface area contributed by atoms with Gasteiger partial charge < -0.3 is 15.6 Å². The third-order valence-corrected chi connectivity index (χ3v) is 4.77. The van der Waals surface area contributed by atoms with Crippen molar-refractivity contribution in [1.82, 2.24) is 10.3 Å². The second-order valence-corrected chi connectivity index (χ2v) is 6.59. The number of carbonyl (C=O) groups is 1. The molecule has 28 heavy (non-hydrogen) atoms. The number of benzene rings is 3. The molecule has 0 spiro atoms. The Morgan fingerprint density at radius 2 is 1.64 bits per heavy atom. The molecule has 4 rings (SSSR count). The van der Waals surface area contributed by atoms with E-state index in [0.29, 0.717) is 6.54 Å². The number of halogens is 1. The van der Waals surface area contributed by atoms with Crippen LogP contribution < -0.4 is 10.6 Å². The Hall–Kier alpha value is -3.60.